The van der Waals surface area contributed by atoms with Gasteiger partial charge in [-0.05, 0) is 42.6 Å². The molecule has 0 aromatic heterocycles. The second kappa shape index (κ2) is 9.22. The molecule has 3 aromatic carbocycles. The maximum Gasteiger partial charge on any atom is 0.242 e. The van der Waals surface area contributed by atoms with Gasteiger partial charge < -0.3 is 10.1 Å². The number of thioether (sulfide) groups is 1. The Balaban J connectivity index is 1.51. The molecule has 1 saturated heterocycles. The summed E-state index contributed by atoms with van der Waals surface area (Å²) >= 11 is 1.35. The van der Waals surface area contributed by atoms with E-state index in [0.717, 1.165) is 16.5 Å². The summed E-state index contributed by atoms with van der Waals surface area (Å²) in [6, 6.07) is 21.1. The molecule has 0 aliphatic carbocycles. The number of amides is 2. The Kier molecular flexibility index (Phi) is 6.23. The first-order chi connectivity index (χ1) is 15.1. The number of rotatable bonds is 6. The Morgan fingerprint density at radius 1 is 1.10 bits per heavy atom. The lowest BCUT2D eigenvalue weighted by Gasteiger charge is -2.13. The minimum Gasteiger partial charge on any atom is -0.497 e. The second-order valence-electron chi connectivity index (χ2n) is 7.06. The molecule has 4 rings (SSSR count). The van der Waals surface area contributed by atoms with Gasteiger partial charge in [0, 0.05) is 24.0 Å². The van der Waals surface area contributed by atoms with Crippen LogP contribution in [0, 0.1) is 0 Å². The molecule has 3 aromatic rings. The molecule has 2 amide bonds. The van der Waals surface area contributed by atoms with Gasteiger partial charge in [0.1, 0.15) is 11.0 Å². The van der Waals surface area contributed by atoms with Crippen LogP contribution in [0.2, 0.25) is 0 Å². The highest BCUT2D eigenvalue weighted by molar-refractivity contribution is 8.15. The first kappa shape index (κ1) is 20.9. The van der Waals surface area contributed by atoms with Crippen LogP contribution >= 0.6 is 11.8 Å². The van der Waals surface area contributed by atoms with Crippen molar-refractivity contribution in [3.63, 3.8) is 0 Å². The van der Waals surface area contributed by atoms with Crippen LogP contribution < -0.4 is 10.1 Å². The minimum absolute atomic E-state index is 0.0839. The van der Waals surface area contributed by atoms with Crippen molar-refractivity contribution in [2.24, 2.45) is 4.99 Å². The van der Waals surface area contributed by atoms with Gasteiger partial charge in [0.2, 0.25) is 11.8 Å². The summed E-state index contributed by atoms with van der Waals surface area (Å²) < 4.78 is 5.13. The topological polar surface area (TPSA) is 71.0 Å². The number of hydrogen-bond acceptors (Lipinski definition) is 5. The molecular weight excluding hydrogens is 410 g/mol. The third-order valence-electron chi connectivity index (χ3n) is 5.06. The minimum atomic E-state index is -0.494. The predicted molar refractivity (Wildman–Crippen MR) is 126 cm³/mol. The number of methoxy groups -OCH3 is 1. The summed E-state index contributed by atoms with van der Waals surface area (Å²) in [5, 5.41) is 5.11. The molecule has 6 nitrogen and oxygen atoms in total. The van der Waals surface area contributed by atoms with Gasteiger partial charge in [-0.1, -0.05) is 48.2 Å². The number of anilines is 1. The van der Waals surface area contributed by atoms with Crippen LogP contribution in [0.15, 0.2) is 71.7 Å². The lowest BCUT2D eigenvalue weighted by Crippen LogP contribution is -2.33. The molecule has 1 N–H and O–H groups in total. The van der Waals surface area contributed by atoms with Crippen molar-refractivity contribution >= 4 is 50.9 Å². The Bertz CT molecular complexity index is 1140. The molecule has 1 aliphatic rings. The van der Waals surface area contributed by atoms with E-state index in [0.29, 0.717) is 23.1 Å². The summed E-state index contributed by atoms with van der Waals surface area (Å²) in [6.45, 7) is 2.42. The molecule has 0 saturated carbocycles. The number of nitrogens with one attached hydrogen (secondary N) is 1. The van der Waals surface area contributed by atoms with Crippen molar-refractivity contribution < 1.29 is 14.3 Å². The van der Waals surface area contributed by atoms with Crippen LogP contribution in [0.1, 0.15) is 13.3 Å². The van der Waals surface area contributed by atoms with Crippen molar-refractivity contribution in [1.82, 2.24) is 4.90 Å². The van der Waals surface area contributed by atoms with E-state index in [1.807, 2.05) is 49.4 Å². The summed E-state index contributed by atoms with van der Waals surface area (Å²) in [4.78, 5) is 31.9. The lowest BCUT2D eigenvalue weighted by atomic mass is 10.1. The van der Waals surface area contributed by atoms with Gasteiger partial charge in [-0.2, -0.15) is 0 Å². The lowest BCUT2D eigenvalue weighted by molar-refractivity contribution is -0.128. The molecule has 1 unspecified atom stereocenters. The first-order valence-corrected chi connectivity index (χ1v) is 11.0. The molecule has 1 atom stereocenters. The molecule has 158 valence electrons. The number of fused-ring (bicyclic) bond motifs is 1. The molecule has 0 spiro atoms. The summed E-state index contributed by atoms with van der Waals surface area (Å²) in [5.41, 5.74) is 1.48. The number of carbonyl (C=O) groups is 2. The Morgan fingerprint density at radius 2 is 1.84 bits per heavy atom. The standard InChI is InChI=1S/C24H23N3O3S/c1-3-27-23(29)21(15-22(28)25-17-11-13-18(30-2)14-12-17)31-24(27)26-20-10-6-8-16-7-4-5-9-19(16)20/h4-14,21H,3,15H2,1-2H3,(H,25,28). The van der Waals surface area contributed by atoms with Gasteiger partial charge in [0.05, 0.1) is 12.8 Å². The fourth-order valence-electron chi connectivity index (χ4n) is 3.48. The van der Waals surface area contributed by atoms with Crippen molar-refractivity contribution in [2.75, 3.05) is 19.0 Å². The van der Waals surface area contributed by atoms with Crippen LogP contribution in [0.3, 0.4) is 0 Å². The van der Waals surface area contributed by atoms with Gasteiger partial charge in [0.15, 0.2) is 5.17 Å². The number of ether oxygens (including phenoxy) is 1. The highest BCUT2D eigenvalue weighted by Crippen LogP contribution is 2.34. The Hall–Kier alpha value is -3.32. The van der Waals surface area contributed by atoms with Crippen molar-refractivity contribution in [2.45, 2.75) is 18.6 Å². The fraction of sp³-hybridized carbons (Fsp3) is 0.208. The molecule has 31 heavy (non-hydrogen) atoms. The predicted octanol–water partition coefficient (Wildman–Crippen LogP) is 4.83. The average Bonchev–Trinajstić information content (AvgIpc) is 3.08. The second-order valence-corrected chi connectivity index (χ2v) is 8.23. The van der Waals surface area contributed by atoms with E-state index in [-0.39, 0.29) is 18.2 Å². The summed E-state index contributed by atoms with van der Waals surface area (Å²) in [6.07, 6.45) is 0.0839. The molecule has 1 aliphatic heterocycles. The van der Waals surface area contributed by atoms with Crippen LogP contribution in [-0.2, 0) is 9.59 Å². The maximum absolute atomic E-state index is 12.9. The number of aliphatic imine (C=N–C) groups is 1. The van der Waals surface area contributed by atoms with Gasteiger partial charge in [-0.3, -0.25) is 14.5 Å². The quantitative estimate of drug-likeness (QED) is 0.605. The third kappa shape index (κ3) is 4.56. The van der Waals surface area contributed by atoms with E-state index in [2.05, 4.69) is 5.32 Å². The Morgan fingerprint density at radius 3 is 2.58 bits per heavy atom. The number of carbonyl (C=O) groups excluding carboxylic acids is 2. The zero-order valence-electron chi connectivity index (χ0n) is 17.4. The number of nitrogens with zero attached hydrogens (tertiary/aromatic N) is 2. The fourth-order valence-corrected chi connectivity index (χ4v) is 4.69. The van der Waals surface area contributed by atoms with Crippen LogP contribution in [-0.4, -0.2) is 40.8 Å². The first-order valence-electron chi connectivity index (χ1n) is 10.1. The zero-order chi connectivity index (χ0) is 21.8. The normalized spacial score (nSPS) is 17.4. The number of amidine groups is 1. The summed E-state index contributed by atoms with van der Waals surface area (Å²) in [5.74, 6) is 0.419. The largest absolute Gasteiger partial charge is 0.497 e. The van der Waals surface area contributed by atoms with Crippen molar-refractivity contribution in [3.8, 4) is 5.75 Å². The molecule has 1 fully saturated rings. The van der Waals surface area contributed by atoms with Gasteiger partial charge in [-0.25, -0.2) is 4.99 Å². The maximum atomic E-state index is 12.9. The smallest absolute Gasteiger partial charge is 0.242 e. The molecule has 0 bridgehead atoms. The molecule has 7 heteroatoms. The van der Waals surface area contributed by atoms with Crippen LogP contribution in [0.25, 0.3) is 10.8 Å². The van der Waals surface area contributed by atoms with Gasteiger partial charge in [0.25, 0.3) is 0 Å². The monoisotopic (exact) mass is 433 g/mol. The van der Waals surface area contributed by atoms with Crippen molar-refractivity contribution in [3.05, 3.63) is 66.7 Å². The Labute approximate surface area is 185 Å². The van der Waals surface area contributed by atoms with Crippen LogP contribution in [0.5, 0.6) is 5.75 Å². The average molecular weight is 434 g/mol. The van der Waals surface area contributed by atoms with E-state index in [1.54, 1.807) is 36.3 Å². The molecular formula is C24H23N3O3S. The zero-order valence-corrected chi connectivity index (χ0v) is 18.2. The highest BCUT2D eigenvalue weighted by atomic mass is 32.2. The van der Waals surface area contributed by atoms with E-state index in [9.17, 15) is 9.59 Å². The van der Waals surface area contributed by atoms with Crippen molar-refractivity contribution in [1.29, 1.82) is 0 Å². The van der Waals surface area contributed by atoms with E-state index < -0.39 is 5.25 Å². The number of hydrogen-bond donors (Lipinski definition) is 1. The highest BCUT2D eigenvalue weighted by Gasteiger charge is 2.38. The molecule has 1 heterocycles. The van der Waals surface area contributed by atoms with Crippen LogP contribution in [0.4, 0.5) is 11.4 Å². The van der Waals surface area contributed by atoms with E-state index in [1.165, 1.54) is 11.8 Å². The third-order valence-corrected chi connectivity index (χ3v) is 6.24. The van der Waals surface area contributed by atoms with E-state index in [4.69, 9.17) is 9.73 Å². The van der Waals surface area contributed by atoms with Gasteiger partial charge >= 0.3 is 0 Å². The summed E-state index contributed by atoms with van der Waals surface area (Å²) in [7, 11) is 1.59. The SMILES string of the molecule is CCN1C(=O)C(CC(=O)Nc2ccc(OC)cc2)SC1=Nc1cccc2ccccc12. The number of benzene rings is 3. The molecule has 0 radical (unpaired) electrons. The van der Waals surface area contributed by atoms with E-state index >= 15 is 0 Å². The van der Waals surface area contributed by atoms with Gasteiger partial charge in [-0.15, -0.1) is 0 Å².